The van der Waals surface area contributed by atoms with Gasteiger partial charge in [-0.05, 0) is 69.2 Å². The van der Waals surface area contributed by atoms with Crippen LogP contribution in [0.1, 0.15) is 57.2 Å². The maximum atomic E-state index is 13.2. The van der Waals surface area contributed by atoms with Crippen LogP contribution in [0, 0.1) is 6.92 Å². The van der Waals surface area contributed by atoms with Gasteiger partial charge in [-0.3, -0.25) is 9.59 Å². The molecule has 0 saturated carbocycles. The molecule has 2 heterocycles. The van der Waals surface area contributed by atoms with Crippen LogP contribution in [-0.2, 0) is 13.0 Å². The number of nitrogens with one attached hydrogen (secondary N) is 2. The third-order valence-electron chi connectivity index (χ3n) is 5.62. The first-order chi connectivity index (χ1) is 15.7. The second kappa shape index (κ2) is 8.98. The Morgan fingerprint density at radius 2 is 1.91 bits per heavy atom. The van der Waals surface area contributed by atoms with Crippen molar-refractivity contribution in [3.05, 3.63) is 94.4 Å². The molecule has 1 amide bonds. The molecule has 2 N–H and O–H groups in total. The van der Waals surface area contributed by atoms with Gasteiger partial charge in [-0.2, -0.15) is 0 Å². The van der Waals surface area contributed by atoms with E-state index in [-0.39, 0.29) is 23.8 Å². The zero-order chi connectivity index (χ0) is 23.6. The average molecular weight is 445 g/mol. The lowest BCUT2D eigenvalue weighted by Gasteiger charge is -2.35. The number of amides is 1. The maximum absolute atomic E-state index is 13.2. The van der Waals surface area contributed by atoms with E-state index in [9.17, 15) is 9.59 Å². The Hall–Kier alpha value is -3.80. The number of aryl methyl sites for hydroxylation is 1. The van der Waals surface area contributed by atoms with Crippen LogP contribution in [0.2, 0.25) is 0 Å². The molecule has 6 heteroatoms. The second-order valence-corrected chi connectivity index (χ2v) is 8.91. The fourth-order valence-electron chi connectivity index (χ4n) is 4.03. The topological polar surface area (TPSA) is 80.6 Å². The van der Waals surface area contributed by atoms with E-state index in [1.807, 2.05) is 37.3 Å². The Bertz CT molecular complexity index is 1240. The third-order valence-corrected chi connectivity index (χ3v) is 5.62. The fourth-order valence-corrected chi connectivity index (χ4v) is 4.03. The molecule has 0 unspecified atom stereocenters. The molecule has 0 radical (unpaired) electrons. The van der Waals surface area contributed by atoms with Crippen molar-refractivity contribution in [3.8, 4) is 5.75 Å². The van der Waals surface area contributed by atoms with Crippen molar-refractivity contribution in [2.45, 2.75) is 39.3 Å². The summed E-state index contributed by atoms with van der Waals surface area (Å²) in [5.74, 6) is 1.76. The summed E-state index contributed by atoms with van der Waals surface area (Å²) in [5, 5.41) is 6.30. The number of rotatable bonds is 6. The number of furan rings is 1. The largest absolute Gasteiger partial charge is 0.497 e. The average Bonchev–Trinajstić information content (AvgIpc) is 3.21. The van der Waals surface area contributed by atoms with Crippen molar-refractivity contribution in [2.75, 3.05) is 7.11 Å². The molecule has 1 aromatic heterocycles. The lowest BCUT2D eigenvalue weighted by atomic mass is 9.85. The van der Waals surface area contributed by atoms with E-state index in [0.717, 1.165) is 34.8 Å². The third kappa shape index (κ3) is 5.17. The van der Waals surface area contributed by atoms with Gasteiger partial charge in [0.25, 0.3) is 5.91 Å². The summed E-state index contributed by atoms with van der Waals surface area (Å²) in [4.78, 5) is 25.8. The van der Waals surface area contributed by atoms with E-state index < -0.39 is 0 Å². The Kier molecular flexibility index (Phi) is 6.09. The van der Waals surface area contributed by atoms with Gasteiger partial charge in [0.2, 0.25) is 0 Å². The first-order valence-corrected chi connectivity index (χ1v) is 10.9. The van der Waals surface area contributed by atoms with E-state index in [1.54, 1.807) is 37.5 Å². The van der Waals surface area contributed by atoms with Crippen molar-refractivity contribution < 1.29 is 18.7 Å². The van der Waals surface area contributed by atoms with E-state index in [4.69, 9.17) is 9.15 Å². The Morgan fingerprint density at radius 1 is 1.12 bits per heavy atom. The summed E-state index contributed by atoms with van der Waals surface area (Å²) in [6.07, 6.45) is 2.44. The molecule has 0 bridgehead atoms. The molecule has 0 fully saturated rings. The van der Waals surface area contributed by atoms with Crippen LogP contribution in [0.5, 0.6) is 5.75 Å². The number of benzene rings is 2. The van der Waals surface area contributed by atoms with E-state index in [0.29, 0.717) is 16.9 Å². The summed E-state index contributed by atoms with van der Waals surface area (Å²) >= 11 is 0. The number of ether oxygens (including phenoxy) is 1. The molecule has 0 atom stereocenters. The molecular formula is C27H28N2O4. The van der Waals surface area contributed by atoms with Crippen molar-refractivity contribution >= 4 is 17.4 Å². The van der Waals surface area contributed by atoms with Gasteiger partial charge in [-0.1, -0.05) is 18.2 Å². The molecule has 1 aliphatic rings. The number of carbonyl (C=O) groups is 2. The lowest BCUT2D eigenvalue weighted by molar-refractivity contribution is 0.0948. The number of hydrogen-bond donors (Lipinski definition) is 2. The summed E-state index contributed by atoms with van der Waals surface area (Å²) in [6.45, 7) is 6.34. The maximum Gasteiger partial charge on any atom is 0.251 e. The molecule has 170 valence electrons. The van der Waals surface area contributed by atoms with Crippen LogP contribution in [0.25, 0.3) is 5.70 Å². The van der Waals surface area contributed by atoms with Crippen LogP contribution in [0.15, 0.2) is 65.1 Å². The molecular weight excluding hydrogens is 416 g/mol. The summed E-state index contributed by atoms with van der Waals surface area (Å²) < 4.78 is 10.9. The van der Waals surface area contributed by atoms with Gasteiger partial charge in [0.1, 0.15) is 17.3 Å². The van der Waals surface area contributed by atoms with E-state index >= 15 is 0 Å². The van der Waals surface area contributed by atoms with Crippen LogP contribution < -0.4 is 15.4 Å². The molecule has 4 rings (SSSR count). The lowest BCUT2D eigenvalue weighted by Crippen LogP contribution is -2.43. The Balaban J connectivity index is 1.56. The van der Waals surface area contributed by atoms with Crippen molar-refractivity contribution in [1.29, 1.82) is 0 Å². The van der Waals surface area contributed by atoms with Crippen LogP contribution in [0.3, 0.4) is 0 Å². The summed E-state index contributed by atoms with van der Waals surface area (Å²) in [5.41, 5.74) is 3.51. The van der Waals surface area contributed by atoms with Crippen LogP contribution in [0.4, 0.5) is 0 Å². The van der Waals surface area contributed by atoms with Gasteiger partial charge < -0.3 is 19.8 Å². The van der Waals surface area contributed by atoms with Crippen LogP contribution in [-0.4, -0.2) is 24.3 Å². The standard InChI is InChI=1S/C27H28N2O4/c1-17-8-10-22(33-17)16-28-26(31)19-7-5-6-18(12-19)25(30)14-24-23-13-21(32-4)11-9-20(23)15-27(2,3)29-24/h5-14,29H,15-16H2,1-4H3,(H,28,31). The van der Waals surface area contributed by atoms with Gasteiger partial charge in [0.15, 0.2) is 5.78 Å². The zero-order valence-electron chi connectivity index (χ0n) is 19.3. The summed E-state index contributed by atoms with van der Waals surface area (Å²) in [6, 6.07) is 16.3. The predicted octanol–water partition coefficient (Wildman–Crippen LogP) is 4.67. The van der Waals surface area contributed by atoms with Gasteiger partial charge in [0, 0.05) is 34.0 Å². The number of ketones is 1. The molecule has 1 aliphatic heterocycles. The molecule has 3 aromatic rings. The van der Waals surface area contributed by atoms with Crippen LogP contribution >= 0.6 is 0 Å². The molecule has 0 saturated heterocycles. The minimum Gasteiger partial charge on any atom is -0.497 e. The highest BCUT2D eigenvalue weighted by Crippen LogP contribution is 2.32. The van der Waals surface area contributed by atoms with Gasteiger partial charge >= 0.3 is 0 Å². The normalized spacial score (nSPS) is 15.5. The van der Waals surface area contributed by atoms with Crippen molar-refractivity contribution in [1.82, 2.24) is 10.6 Å². The van der Waals surface area contributed by atoms with Gasteiger partial charge in [-0.15, -0.1) is 0 Å². The minimum absolute atomic E-state index is 0.180. The summed E-state index contributed by atoms with van der Waals surface area (Å²) in [7, 11) is 1.63. The number of allylic oxidation sites excluding steroid dienone is 1. The predicted molar refractivity (Wildman–Crippen MR) is 127 cm³/mol. The number of fused-ring (bicyclic) bond motifs is 1. The highest BCUT2D eigenvalue weighted by molar-refractivity contribution is 6.10. The van der Waals surface area contributed by atoms with Gasteiger partial charge in [0.05, 0.1) is 13.7 Å². The minimum atomic E-state index is -0.265. The molecule has 6 nitrogen and oxygen atoms in total. The first kappa shape index (κ1) is 22.4. The van der Waals surface area contributed by atoms with Crippen molar-refractivity contribution in [2.24, 2.45) is 0 Å². The SMILES string of the molecule is COc1ccc2c(c1)C(=CC(=O)c1cccc(C(=O)NCc3ccc(C)o3)c1)NC(C)(C)C2. The molecule has 0 aliphatic carbocycles. The zero-order valence-corrected chi connectivity index (χ0v) is 19.3. The smallest absolute Gasteiger partial charge is 0.251 e. The fraction of sp³-hybridized carbons (Fsp3) is 0.259. The monoisotopic (exact) mass is 444 g/mol. The number of carbonyl (C=O) groups excluding carboxylic acids is 2. The Labute approximate surface area is 193 Å². The second-order valence-electron chi connectivity index (χ2n) is 8.91. The van der Waals surface area contributed by atoms with E-state index in [1.165, 1.54) is 0 Å². The van der Waals surface area contributed by atoms with Crippen molar-refractivity contribution in [3.63, 3.8) is 0 Å². The number of methoxy groups -OCH3 is 1. The number of hydrogen-bond acceptors (Lipinski definition) is 5. The quantitative estimate of drug-likeness (QED) is 0.426. The molecule has 0 spiro atoms. The van der Waals surface area contributed by atoms with E-state index in [2.05, 4.69) is 24.5 Å². The van der Waals surface area contributed by atoms with Gasteiger partial charge in [-0.25, -0.2) is 0 Å². The molecule has 33 heavy (non-hydrogen) atoms. The highest BCUT2D eigenvalue weighted by Gasteiger charge is 2.28. The highest BCUT2D eigenvalue weighted by atomic mass is 16.5. The molecule has 2 aromatic carbocycles. The first-order valence-electron chi connectivity index (χ1n) is 10.9. The Morgan fingerprint density at radius 3 is 2.64 bits per heavy atom.